The summed E-state index contributed by atoms with van der Waals surface area (Å²) in [6.07, 6.45) is 6.42. The summed E-state index contributed by atoms with van der Waals surface area (Å²) in [6, 6.07) is 5.18. The number of hydrogen-bond donors (Lipinski definition) is 1. The van der Waals surface area contributed by atoms with Gasteiger partial charge in [0.25, 0.3) is 0 Å². The van der Waals surface area contributed by atoms with Crippen LogP contribution in [-0.4, -0.2) is 24.6 Å². The summed E-state index contributed by atoms with van der Waals surface area (Å²) in [5.41, 5.74) is 0.721. The molecular weight excluding hydrogens is 206 g/mol. The fourth-order valence-electron chi connectivity index (χ4n) is 1.18. The van der Waals surface area contributed by atoms with Crippen molar-refractivity contribution in [3.8, 4) is 23.8 Å². The fraction of sp³-hybridized carbons (Fsp3) is 0.250. The van der Waals surface area contributed by atoms with Crippen molar-refractivity contribution in [3.63, 3.8) is 0 Å². The van der Waals surface area contributed by atoms with Gasteiger partial charge < -0.3 is 14.7 Å². The summed E-state index contributed by atoms with van der Waals surface area (Å²) in [7, 11) is 0. The average molecular weight is 219 g/mol. The molecule has 84 valence electrons. The molecule has 0 unspecified atom stereocenters. The van der Waals surface area contributed by atoms with Gasteiger partial charge in [-0.25, -0.2) is 0 Å². The maximum atomic E-state index is 8.42. The van der Waals surface area contributed by atoms with Crippen LogP contribution in [0.5, 0.6) is 11.5 Å². The van der Waals surface area contributed by atoms with Crippen molar-refractivity contribution in [2.45, 2.75) is 6.92 Å². The zero-order valence-electron chi connectivity index (χ0n) is 9.01. The molecule has 0 bridgehead atoms. The SMILES string of the molecule is C#CCOc1ccc(/C=N\O)cc1OCC. The second-order valence-electron chi connectivity index (χ2n) is 2.88. The molecule has 1 aromatic carbocycles. The Morgan fingerprint density at radius 3 is 2.88 bits per heavy atom. The Kier molecular flexibility index (Phi) is 4.74. The Labute approximate surface area is 94.5 Å². The zero-order chi connectivity index (χ0) is 11.8. The molecule has 0 aliphatic carbocycles. The number of terminal acetylenes is 1. The molecule has 16 heavy (non-hydrogen) atoms. The van der Waals surface area contributed by atoms with E-state index in [4.69, 9.17) is 21.1 Å². The smallest absolute Gasteiger partial charge is 0.162 e. The fourth-order valence-corrected chi connectivity index (χ4v) is 1.18. The lowest BCUT2D eigenvalue weighted by atomic mass is 10.2. The molecule has 4 nitrogen and oxygen atoms in total. The van der Waals surface area contributed by atoms with E-state index in [2.05, 4.69) is 11.1 Å². The van der Waals surface area contributed by atoms with Crippen LogP contribution >= 0.6 is 0 Å². The lowest BCUT2D eigenvalue weighted by Gasteiger charge is -2.10. The molecule has 1 rings (SSSR count). The van der Waals surface area contributed by atoms with Gasteiger partial charge in [-0.05, 0) is 25.1 Å². The van der Waals surface area contributed by atoms with Crippen LogP contribution in [0, 0.1) is 12.3 Å². The van der Waals surface area contributed by atoms with E-state index < -0.39 is 0 Å². The van der Waals surface area contributed by atoms with Crippen molar-refractivity contribution < 1.29 is 14.7 Å². The standard InChI is InChI=1S/C12H13NO3/c1-3-7-16-11-6-5-10(9-13-14)8-12(11)15-4-2/h1,5-6,8-9,14H,4,7H2,2H3/b13-9-. The van der Waals surface area contributed by atoms with E-state index in [1.54, 1.807) is 18.2 Å². The van der Waals surface area contributed by atoms with E-state index in [0.717, 1.165) is 5.56 Å². The molecule has 0 fully saturated rings. The van der Waals surface area contributed by atoms with Gasteiger partial charge in [-0.1, -0.05) is 11.1 Å². The molecule has 0 saturated heterocycles. The first-order valence-corrected chi connectivity index (χ1v) is 4.82. The first-order valence-electron chi connectivity index (χ1n) is 4.82. The first-order chi connectivity index (χ1) is 7.81. The van der Waals surface area contributed by atoms with Gasteiger partial charge in [0.1, 0.15) is 6.61 Å². The molecule has 0 aliphatic rings. The minimum atomic E-state index is 0.188. The first kappa shape index (κ1) is 11.9. The number of hydrogen-bond acceptors (Lipinski definition) is 4. The van der Waals surface area contributed by atoms with Gasteiger partial charge in [-0.3, -0.25) is 0 Å². The number of nitrogens with zero attached hydrogens (tertiary/aromatic N) is 1. The molecule has 0 spiro atoms. The Balaban J connectivity index is 2.94. The van der Waals surface area contributed by atoms with Crippen LogP contribution < -0.4 is 9.47 Å². The second-order valence-corrected chi connectivity index (χ2v) is 2.88. The molecule has 0 saturated carbocycles. The highest BCUT2D eigenvalue weighted by atomic mass is 16.5. The van der Waals surface area contributed by atoms with Gasteiger partial charge in [-0.15, -0.1) is 6.42 Å². The number of rotatable bonds is 5. The Morgan fingerprint density at radius 2 is 2.25 bits per heavy atom. The second kappa shape index (κ2) is 6.36. The van der Waals surface area contributed by atoms with Crippen LogP contribution in [0.15, 0.2) is 23.4 Å². The van der Waals surface area contributed by atoms with Crippen molar-refractivity contribution in [3.05, 3.63) is 23.8 Å². The molecule has 4 heteroatoms. The van der Waals surface area contributed by atoms with Gasteiger partial charge in [0.15, 0.2) is 11.5 Å². The largest absolute Gasteiger partial charge is 0.490 e. The van der Waals surface area contributed by atoms with Crippen LogP contribution in [-0.2, 0) is 0 Å². The molecule has 0 heterocycles. The molecule has 0 radical (unpaired) electrons. The zero-order valence-corrected chi connectivity index (χ0v) is 9.01. The highest BCUT2D eigenvalue weighted by Gasteiger charge is 2.05. The summed E-state index contributed by atoms with van der Waals surface area (Å²) in [5, 5.41) is 11.4. The third kappa shape index (κ3) is 3.21. The number of benzene rings is 1. The van der Waals surface area contributed by atoms with Gasteiger partial charge in [0.05, 0.1) is 12.8 Å². The maximum Gasteiger partial charge on any atom is 0.162 e. The third-order valence-electron chi connectivity index (χ3n) is 1.79. The monoisotopic (exact) mass is 219 g/mol. The predicted molar refractivity (Wildman–Crippen MR) is 61.3 cm³/mol. The van der Waals surface area contributed by atoms with E-state index in [1.807, 2.05) is 6.92 Å². The number of ether oxygens (including phenoxy) is 2. The van der Waals surface area contributed by atoms with E-state index in [0.29, 0.717) is 18.1 Å². The van der Waals surface area contributed by atoms with Gasteiger partial charge in [-0.2, -0.15) is 0 Å². The van der Waals surface area contributed by atoms with Gasteiger partial charge in [0.2, 0.25) is 0 Å². The minimum Gasteiger partial charge on any atom is -0.490 e. The molecule has 1 N–H and O–H groups in total. The Hall–Kier alpha value is -2.15. The lowest BCUT2D eigenvalue weighted by molar-refractivity contribution is 0.299. The van der Waals surface area contributed by atoms with Gasteiger partial charge in [0, 0.05) is 5.56 Å². The Morgan fingerprint density at radius 1 is 1.44 bits per heavy atom. The number of oxime groups is 1. The van der Waals surface area contributed by atoms with Gasteiger partial charge >= 0.3 is 0 Å². The van der Waals surface area contributed by atoms with E-state index >= 15 is 0 Å². The quantitative estimate of drug-likeness (QED) is 0.356. The van der Waals surface area contributed by atoms with Crippen molar-refractivity contribution >= 4 is 6.21 Å². The normalized spacial score (nSPS) is 10.0. The van der Waals surface area contributed by atoms with Crippen molar-refractivity contribution in [2.24, 2.45) is 5.16 Å². The van der Waals surface area contributed by atoms with Crippen molar-refractivity contribution in [1.29, 1.82) is 0 Å². The lowest BCUT2D eigenvalue weighted by Crippen LogP contribution is -1.99. The Bertz CT molecular complexity index is 407. The molecule has 1 aromatic rings. The summed E-state index contributed by atoms with van der Waals surface area (Å²) in [4.78, 5) is 0. The summed E-state index contributed by atoms with van der Waals surface area (Å²) in [5.74, 6) is 3.54. The molecule has 0 amide bonds. The summed E-state index contributed by atoms with van der Waals surface area (Å²) < 4.78 is 10.7. The topological polar surface area (TPSA) is 51.0 Å². The van der Waals surface area contributed by atoms with E-state index in [1.165, 1.54) is 6.21 Å². The van der Waals surface area contributed by atoms with E-state index in [-0.39, 0.29) is 6.61 Å². The van der Waals surface area contributed by atoms with Crippen molar-refractivity contribution in [1.82, 2.24) is 0 Å². The molecular formula is C12H13NO3. The van der Waals surface area contributed by atoms with Crippen molar-refractivity contribution in [2.75, 3.05) is 13.2 Å². The molecule has 0 atom stereocenters. The highest BCUT2D eigenvalue weighted by Crippen LogP contribution is 2.27. The highest BCUT2D eigenvalue weighted by molar-refractivity contribution is 5.80. The van der Waals surface area contributed by atoms with Crippen LogP contribution in [0.1, 0.15) is 12.5 Å². The van der Waals surface area contributed by atoms with E-state index in [9.17, 15) is 0 Å². The molecule has 0 aliphatic heterocycles. The van der Waals surface area contributed by atoms with Crippen LogP contribution in [0.25, 0.3) is 0 Å². The van der Waals surface area contributed by atoms with Crippen LogP contribution in [0.2, 0.25) is 0 Å². The average Bonchev–Trinajstić information content (AvgIpc) is 2.29. The van der Waals surface area contributed by atoms with Crippen LogP contribution in [0.3, 0.4) is 0 Å². The van der Waals surface area contributed by atoms with Crippen LogP contribution in [0.4, 0.5) is 0 Å². The summed E-state index contributed by atoms with van der Waals surface area (Å²) >= 11 is 0. The predicted octanol–water partition coefficient (Wildman–Crippen LogP) is 1.91. The maximum absolute atomic E-state index is 8.42. The molecule has 0 aromatic heterocycles. The third-order valence-corrected chi connectivity index (χ3v) is 1.79. The minimum absolute atomic E-state index is 0.188. The summed E-state index contributed by atoms with van der Waals surface area (Å²) in [6.45, 7) is 2.58.